The summed E-state index contributed by atoms with van der Waals surface area (Å²) < 4.78 is 23.0. The maximum atomic E-state index is 13.4. The molecule has 14 nitrogen and oxygen atoms in total. The van der Waals surface area contributed by atoms with Gasteiger partial charge in [0.05, 0.1) is 32.0 Å². The molecule has 2 aliphatic rings. The van der Waals surface area contributed by atoms with Crippen LogP contribution in [0.3, 0.4) is 0 Å². The van der Waals surface area contributed by atoms with Gasteiger partial charge in [0, 0.05) is 6.42 Å². The predicted molar refractivity (Wildman–Crippen MR) is 452 cm³/mol. The Morgan fingerprint density at radius 2 is 0.583 bits per heavy atom. The summed E-state index contributed by atoms with van der Waals surface area (Å²) in [7, 11) is 0. The minimum absolute atomic E-state index is 0.227. The van der Waals surface area contributed by atoms with E-state index in [1.54, 1.807) is 6.08 Å². The SMILES string of the molecule is CCCCCCCCCC/C=C\CCCCCCCCCCCCCCCCCCCCCCCCCCCCCCCC(=O)NC(COC1OC(CO)C(OC2OC(CO)C(O)C(O)C2O)C(O)C1O)C(O)/C=C/CCCCCCCCCCCCCCCCCCCCCCCCCCCCCCCCC. The van der Waals surface area contributed by atoms with Gasteiger partial charge in [-0.3, -0.25) is 4.79 Å². The maximum absolute atomic E-state index is 13.4. The molecule has 14 heteroatoms. The molecule has 0 radical (unpaired) electrons. The van der Waals surface area contributed by atoms with Crippen molar-refractivity contribution < 1.29 is 64.6 Å². The lowest BCUT2D eigenvalue weighted by Gasteiger charge is -2.46. The van der Waals surface area contributed by atoms with Crippen molar-refractivity contribution in [1.82, 2.24) is 5.32 Å². The third-order valence-electron chi connectivity index (χ3n) is 23.6. The average molecular weight is 1530 g/mol. The molecule has 0 aromatic heterocycles. The van der Waals surface area contributed by atoms with E-state index in [1.165, 1.54) is 411 Å². The fourth-order valence-electron chi connectivity index (χ4n) is 16.2. The van der Waals surface area contributed by atoms with E-state index in [0.717, 1.165) is 38.5 Å². The number of nitrogens with one attached hydrogen (secondary N) is 1. The zero-order chi connectivity index (χ0) is 77.9. The molecular weight excluding hydrogens is 1350 g/mol. The molecule has 0 aromatic carbocycles. The topological polar surface area (TPSA) is 228 Å². The molecule has 0 aliphatic carbocycles. The van der Waals surface area contributed by atoms with E-state index in [9.17, 15) is 45.6 Å². The molecule has 2 fully saturated rings. The molecule has 2 heterocycles. The standard InChI is InChI=1S/C94H181NO13/c1-3-5-7-9-11-13-15-17-19-21-23-25-27-29-31-33-35-37-38-39-40-41-42-43-44-46-48-50-52-54-56-58-60-62-64-66-68-70-72-74-76-78-86(99)95-82(81-105-93-91(104)89(102)92(85(80-97)107-93)108-94-90(103)88(101)87(100)84(79-96)106-94)83(98)77-75-73-71-69-67-65-63-61-59-57-55-53-51-49-47-45-36-34-32-30-28-26-24-22-20-18-16-14-12-10-8-6-4-2/h21,23,75,77,82-85,87-94,96-98,100-104H,3-20,22,24-74,76,78-81H2,1-2H3,(H,95,99)/b23-21-,77-75+. The van der Waals surface area contributed by atoms with E-state index in [0.29, 0.717) is 6.42 Å². The second kappa shape index (κ2) is 78.0. The van der Waals surface area contributed by atoms with Crippen LogP contribution in [0, 0.1) is 0 Å². The van der Waals surface area contributed by atoms with Crippen LogP contribution in [-0.2, 0) is 23.7 Å². The fraction of sp³-hybridized carbons (Fsp3) is 0.947. The van der Waals surface area contributed by atoms with Crippen LogP contribution in [0.4, 0.5) is 0 Å². The zero-order valence-electron chi connectivity index (χ0n) is 70.9. The van der Waals surface area contributed by atoms with Gasteiger partial charge in [0.1, 0.15) is 48.8 Å². The molecule has 0 saturated carbocycles. The van der Waals surface area contributed by atoms with E-state index in [4.69, 9.17) is 18.9 Å². The first kappa shape index (κ1) is 103. The van der Waals surface area contributed by atoms with Crippen molar-refractivity contribution in [2.75, 3.05) is 19.8 Å². The van der Waals surface area contributed by atoms with E-state index in [-0.39, 0.29) is 18.9 Å². The number of aliphatic hydroxyl groups is 8. The molecule has 1 amide bonds. The van der Waals surface area contributed by atoms with Gasteiger partial charge in [0.15, 0.2) is 12.6 Å². The van der Waals surface area contributed by atoms with Crippen molar-refractivity contribution in [2.45, 2.75) is 550 Å². The summed E-state index contributed by atoms with van der Waals surface area (Å²) in [6.07, 6.45) is 87.5. The highest BCUT2D eigenvalue weighted by Crippen LogP contribution is 2.31. The first-order chi connectivity index (χ1) is 53.1. The van der Waals surface area contributed by atoms with Crippen LogP contribution in [-0.4, -0.2) is 140 Å². The molecule has 12 atom stereocenters. The van der Waals surface area contributed by atoms with E-state index in [2.05, 4.69) is 31.3 Å². The normalized spacial score (nSPS) is 21.1. The summed E-state index contributed by atoms with van der Waals surface area (Å²) in [6.45, 7) is 2.89. The Bertz CT molecular complexity index is 1910. The van der Waals surface area contributed by atoms with E-state index >= 15 is 0 Å². The number of hydrogen-bond donors (Lipinski definition) is 9. The third-order valence-corrected chi connectivity index (χ3v) is 23.6. The monoisotopic (exact) mass is 1530 g/mol. The van der Waals surface area contributed by atoms with Crippen molar-refractivity contribution >= 4 is 5.91 Å². The van der Waals surface area contributed by atoms with Crippen LogP contribution in [0.15, 0.2) is 24.3 Å². The molecule has 0 spiro atoms. The van der Waals surface area contributed by atoms with Gasteiger partial charge in [-0.2, -0.15) is 0 Å². The van der Waals surface area contributed by atoms with Gasteiger partial charge >= 0.3 is 0 Å². The number of carbonyl (C=O) groups excluding carboxylic acids is 1. The maximum Gasteiger partial charge on any atom is 0.220 e. The van der Waals surface area contributed by atoms with Crippen molar-refractivity contribution in [2.24, 2.45) is 0 Å². The number of amides is 1. The van der Waals surface area contributed by atoms with Crippen molar-refractivity contribution in [3.63, 3.8) is 0 Å². The molecule has 108 heavy (non-hydrogen) atoms. The number of allylic oxidation sites excluding steroid dienone is 3. The molecular formula is C94H181NO13. The van der Waals surface area contributed by atoms with Crippen LogP contribution in [0.1, 0.15) is 476 Å². The summed E-state index contributed by atoms with van der Waals surface area (Å²) in [5.41, 5.74) is 0. The van der Waals surface area contributed by atoms with Gasteiger partial charge in [0.25, 0.3) is 0 Å². The van der Waals surface area contributed by atoms with Gasteiger partial charge in [0.2, 0.25) is 5.91 Å². The van der Waals surface area contributed by atoms with E-state index < -0.39 is 86.8 Å². The number of carbonyl (C=O) groups is 1. The molecule has 640 valence electrons. The fourth-order valence-corrected chi connectivity index (χ4v) is 16.2. The Morgan fingerprint density at radius 1 is 0.324 bits per heavy atom. The number of hydrogen-bond acceptors (Lipinski definition) is 13. The second-order valence-corrected chi connectivity index (χ2v) is 33.9. The summed E-state index contributed by atoms with van der Waals surface area (Å²) in [4.78, 5) is 13.4. The lowest BCUT2D eigenvalue weighted by Crippen LogP contribution is -2.65. The van der Waals surface area contributed by atoms with Gasteiger partial charge in [-0.1, -0.05) is 449 Å². The number of ether oxygens (including phenoxy) is 4. The van der Waals surface area contributed by atoms with Gasteiger partial charge in [-0.05, 0) is 44.9 Å². The van der Waals surface area contributed by atoms with Crippen molar-refractivity contribution in [3.05, 3.63) is 24.3 Å². The van der Waals surface area contributed by atoms with Crippen LogP contribution in [0.25, 0.3) is 0 Å². The smallest absolute Gasteiger partial charge is 0.220 e. The number of aliphatic hydroxyl groups excluding tert-OH is 8. The first-order valence-corrected chi connectivity index (χ1v) is 47.6. The summed E-state index contributed by atoms with van der Waals surface area (Å²) in [5.74, 6) is -0.227. The second-order valence-electron chi connectivity index (χ2n) is 33.9. The predicted octanol–water partition coefficient (Wildman–Crippen LogP) is 23.7. The van der Waals surface area contributed by atoms with Crippen molar-refractivity contribution in [3.8, 4) is 0 Å². The molecule has 0 aromatic rings. The van der Waals surface area contributed by atoms with Crippen molar-refractivity contribution in [1.29, 1.82) is 0 Å². The minimum atomic E-state index is -1.79. The minimum Gasteiger partial charge on any atom is -0.394 e. The quantitative estimate of drug-likeness (QED) is 0.0204. The molecule has 12 unspecified atom stereocenters. The van der Waals surface area contributed by atoms with Crippen LogP contribution in [0.2, 0.25) is 0 Å². The largest absolute Gasteiger partial charge is 0.394 e. The highest BCUT2D eigenvalue weighted by Gasteiger charge is 2.51. The van der Waals surface area contributed by atoms with Crippen LogP contribution >= 0.6 is 0 Å². The molecule has 0 bridgehead atoms. The highest BCUT2D eigenvalue weighted by molar-refractivity contribution is 5.76. The average Bonchev–Trinajstić information content (AvgIpc) is 0.789. The van der Waals surface area contributed by atoms with Crippen LogP contribution in [0.5, 0.6) is 0 Å². The Labute approximate surface area is 666 Å². The third kappa shape index (κ3) is 59.2. The molecule has 2 aliphatic heterocycles. The number of unbranched alkanes of at least 4 members (excludes halogenated alkanes) is 68. The Morgan fingerprint density at radius 3 is 0.880 bits per heavy atom. The van der Waals surface area contributed by atoms with Gasteiger partial charge < -0.3 is 65.1 Å². The lowest BCUT2D eigenvalue weighted by molar-refractivity contribution is -0.359. The zero-order valence-corrected chi connectivity index (χ0v) is 70.9. The Kier molecular flexibility index (Phi) is 74.1. The Balaban J connectivity index is 1.53. The highest BCUT2D eigenvalue weighted by atomic mass is 16.7. The lowest BCUT2D eigenvalue weighted by atomic mass is 9.97. The van der Waals surface area contributed by atoms with Crippen LogP contribution < -0.4 is 5.32 Å². The van der Waals surface area contributed by atoms with Gasteiger partial charge in [-0.25, -0.2) is 0 Å². The summed E-state index contributed by atoms with van der Waals surface area (Å²) in [5, 5.41) is 87.9. The van der Waals surface area contributed by atoms with E-state index in [1.807, 2.05) is 6.08 Å². The summed E-state index contributed by atoms with van der Waals surface area (Å²) in [6, 6.07) is -0.914. The molecule has 2 saturated heterocycles. The van der Waals surface area contributed by atoms with Gasteiger partial charge in [-0.15, -0.1) is 0 Å². The Hall–Kier alpha value is -1.53. The molecule has 2 rings (SSSR count). The number of rotatable bonds is 83. The first-order valence-electron chi connectivity index (χ1n) is 47.6. The summed E-state index contributed by atoms with van der Waals surface area (Å²) >= 11 is 0. The molecule has 9 N–H and O–H groups in total.